The van der Waals surface area contributed by atoms with Gasteiger partial charge in [0.15, 0.2) is 0 Å². The van der Waals surface area contributed by atoms with Gasteiger partial charge in [-0.25, -0.2) is 0 Å². The van der Waals surface area contributed by atoms with Crippen LogP contribution in [0.15, 0.2) is 0 Å². The molecule has 0 radical (unpaired) electrons. The fraction of sp³-hybridized carbons (Fsp3) is 0.833. The van der Waals surface area contributed by atoms with E-state index in [0.717, 1.165) is 6.42 Å². The van der Waals surface area contributed by atoms with Crippen LogP contribution in [0, 0.1) is 5.92 Å². The number of aliphatic carboxylic acids is 1. The lowest BCUT2D eigenvalue weighted by molar-refractivity contribution is -0.140. The van der Waals surface area contributed by atoms with Gasteiger partial charge in [0.05, 0.1) is 11.2 Å². The lowest BCUT2D eigenvalue weighted by atomic mass is 10.0. The number of thioether (sulfide) groups is 1. The van der Waals surface area contributed by atoms with Gasteiger partial charge >= 0.3 is 5.97 Å². The smallest absolute Gasteiger partial charge is 0.307 e. The maximum Gasteiger partial charge on any atom is 0.307 e. The summed E-state index contributed by atoms with van der Waals surface area (Å²) in [6.07, 6.45) is 0.863. The van der Waals surface area contributed by atoms with Crippen LogP contribution in [-0.4, -0.2) is 33.5 Å². The first kappa shape index (κ1) is 16.3. The Morgan fingerprint density at radius 1 is 1.35 bits per heavy atom. The molecular weight excluding hydrogens is 238 g/mol. The van der Waals surface area contributed by atoms with Gasteiger partial charge in [-0.2, -0.15) is 0 Å². The summed E-state index contributed by atoms with van der Waals surface area (Å²) in [4.78, 5) is 22.5. The van der Waals surface area contributed by atoms with Gasteiger partial charge in [-0.3, -0.25) is 9.59 Å². The summed E-state index contributed by atoms with van der Waals surface area (Å²) in [5.74, 6) is -0.816. The molecule has 0 spiro atoms. The van der Waals surface area contributed by atoms with Gasteiger partial charge in [0, 0.05) is 11.3 Å². The summed E-state index contributed by atoms with van der Waals surface area (Å²) in [6.45, 7) is 9.42. The molecule has 0 aromatic rings. The third-order valence-corrected chi connectivity index (χ3v) is 4.14. The topological polar surface area (TPSA) is 66.4 Å². The Balaban J connectivity index is 4.11. The van der Waals surface area contributed by atoms with Crippen LogP contribution < -0.4 is 5.32 Å². The quantitative estimate of drug-likeness (QED) is 0.737. The number of carboxylic acid groups (broad SMARTS) is 1. The van der Waals surface area contributed by atoms with E-state index in [0.29, 0.717) is 5.75 Å². The van der Waals surface area contributed by atoms with E-state index in [1.807, 2.05) is 20.8 Å². The van der Waals surface area contributed by atoms with E-state index in [4.69, 9.17) is 5.11 Å². The first-order valence-electron chi connectivity index (χ1n) is 5.86. The monoisotopic (exact) mass is 261 g/mol. The van der Waals surface area contributed by atoms with E-state index in [9.17, 15) is 9.59 Å². The van der Waals surface area contributed by atoms with Crippen molar-refractivity contribution in [1.29, 1.82) is 0 Å². The number of carboxylic acids is 1. The summed E-state index contributed by atoms with van der Waals surface area (Å²) in [5.41, 5.74) is -0.204. The third-order valence-electron chi connectivity index (χ3n) is 2.73. The number of nitrogens with one attached hydrogen (secondary N) is 1. The van der Waals surface area contributed by atoms with E-state index in [1.54, 1.807) is 13.8 Å². The average Bonchev–Trinajstić information content (AvgIpc) is 2.24. The van der Waals surface area contributed by atoms with E-state index in [1.165, 1.54) is 11.8 Å². The van der Waals surface area contributed by atoms with Crippen molar-refractivity contribution >= 4 is 23.6 Å². The zero-order valence-electron chi connectivity index (χ0n) is 11.2. The molecule has 0 aromatic carbocycles. The Morgan fingerprint density at radius 3 is 2.29 bits per heavy atom. The second-order valence-corrected chi connectivity index (χ2v) is 6.32. The SMILES string of the molecule is CCC(C)(C)NC(=O)C(C)SCC(C)C(=O)O. The molecular formula is C12H23NO3S. The molecule has 5 heteroatoms. The molecule has 0 aliphatic carbocycles. The minimum absolute atomic E-state index is 0.0283. The fourth-order valence-electron chi connectivity index (χ4n) is 0.959. The number of rotatable bonds is 7. The molecule has 0 saturated heterocycles. The van der Waals surface area contributed by atoms with E-state index in [-0.39, 0.29) is 16.7 Å². The lowest BCUT2D eigenvalue weighted by Gasteiger charge is -2.26. The van der Waals surface area contributed by atoms with Gasteiger partial charge in [0.1, 0.15) is 0 Å². The second kappa shape index (κ2) is 6.89. The van der Waals surface area contributed by atoms with Crippen molar-refractivity contribution in [3.8, 4) is 0 Å². The fourth-order valence-corrected chi connectivity index (χ4v) is 1.89. The van der Waals surface area contributed by atoms with E-state index in [2.05, 4.69) is 5.32 Å². The molecule has 1 amide bonds. The highest BCUT2D eigenvalue weighted by atomic mass is 32.2. The Morgan fingerprint density at radius 2 is 1.88 bits per heavy atom. The first-order chi connectivity index (χ1) is 7.69. The van der Waals surface area contributed by atoms with Crippen molar-refractivity contribution < 1.29 is 14.7 Å². The van der Waals surface area contributed by atoms with Crippen LogP contribution >= 0.6 is 11.8 Å². The molecule has 2 atom stereocenters. The molecule has 0 fully saturated rings. The zero-order valence-corrected chi connectivity index (χ0v) is 12.1. The standard InChI is InChI=1S/C12H23NO3S/c1-6-12(4,5)13-10(14)9(3)17-7-8(2)11(15)16/h8-9H,6-7H2,1-5H3,(H,13,14)(H,15,16). The van der Waals surface area contributed by atoms with E-state index < -0.39 is 11.9 Å². The largest absolute Gasteiger partial charge is 0.481 e. The summed E-state index contributed by atoms with van der Waals surface area (Å²) < 4.78 is 0. The van der Waals surface area contributed by atoms with Crippen molar-refractivity contribution in [2.45, 2.75) is 51.8 Å². The van der Waals surface area contributed by atoms with Gasteiger partial charge in [0.25, 0.3) is 0 Å². The molecule has 0 aromatic heterocycles. The zero-order chi connectivity index (χ0) is 13.6. The molecule has 0 aliphatic rings. The van der Waals surface area contributed by atoms with Crippen LogP contribution in [0.2, 0.25) is 0 Å². The minimum Gasteiger partial charge on any atom is -0.481 e. The van der Waals surface area contributed by atoms with Crippen molar-refractivity contribution in [3.05, 3.63) is 0 Å². The van der Waals surface area contributed by atoms with Crippen LogP contribution in [-0.2, 0) is 9.59 Å². The van der Waals surface area contributed by atoms with Gasteiger partial charge in [-0.05, 0) is 27.2 Å². The molecule has 2 N–H and O–H groups in total. The van der Waals surface area contributed by atoms with Gasteiger partial charge in [-0.1, -0.05) is 13.8 Å². The van der Waals surface area contributed by atoms with Crippen LogP contribution in [0.4, 0.5) is 0 Å². The molecule has 0 saturated carbocycles. The average molecular weight is 261 g/mol. The van der Waals surface area contributed by atoms with Gasteiger partial charge < -0.3 is 10.4 Å². The number of hydrogen-bond acceptors (Lipinski definition) is 3. The Bertz CT molecular complexity index is 279. The van der Waals surface area contributed by atoms with Crippen molar-refractivity contribution in [3.63, 3.8) is 0 Å². The molecule has 4 nitrogen and oxygen atoms in total. The molecule has 100 valence electrons. The van der Waals surface area contributed by atoms with Crippen LogP contribution in [0.1, 0.15) is 41.0 Å². The minimum atomic E-state index is -0.820. The summed E-state index contributed by atoms with van der Waals surface area (Å²) in [5, 5.41) is 11.5. The van der Waals surface area contributed by atoms with E-state index >= 15 is 0 Å². The maximum absolute atomic E-state index is 11.8. The normalized spacial score (nSPS) is 15.1. The lowest BCUT2D eigenvalue weighted by Crippen LogP contribution is -2.46. The predicted molar refractivity (Wildman–Crippen MR) is 71.2 cm³/mol. The van der Waals surface area contributed by atoms with Gasteiger partial charge in [-0.15, -0.1) is 11.8 Å². The Hall–Kier alpha value is -0.710. The predicted octanol–water partition coefficient (Wildman–Crippen LogP) is 2.13. The van der Waals surface area contributed by atoms with Crippen LogP contribution in [0.3, 0.4) is 0 Å². The number of hydrogen-bond donors (Lipinski definition) is 2. The van der Waals surface area contributed by atoms with Crippen LogP contribution in [0.5, 0.6) is 0 Å². The Kier molecular flexibility index (Phi) is 6.60. The molecule has 0 aliphatic heterocycles. The summed E-state index contributed by atoms with van der Waals surface area (Å²) >= 11 is 1.38. The first-order valence-corrected chi connectivity index (χ1v) is 6.91. The highest BCUT2D eigenvalue weighted by Crippen LogP contribution is 2.17. The number of carbonyl (C=O) groups is 2. The van der Waals surface area contributed by atoms with Crippen LogP contribution in [0.25, 0.3) is 0 Å². The molecule has 0 heterocycles. The maximum atomic E-state index is 11.8. The molecule has 2 unspecified atom stereocenters. The second-order valence-electron chi connectivity index (χ2n) is 4.94. The van der Waals surface area contributed by atoms with Crippen molar-refractivity contribution in [2.75, 3.05) is 5.75 Å². The summed E-state index contributed by atoms with van der Waals surface area (Å²) in [7, 11) is 0. The molecule has 0 bridgehead atoms. The number of amides is 1. The number of carbonyl (C=O) groups excluding carboxylic acids is 1. The highest BCUT2D eigenvalue weighted by molar-refractivity contribution is 8.00. The summed E-state index contributed by atoms with van der Waals surface area (Å²) in [6, 6.07) is 0. The van der Waals surface area contributed by atoms with Gasteiger partial charge in [0.2, 0.25) is 5.91 Å². The Labute approximate surface area is 108 Å². The van der Waals surface area contributed by atoms with Crippen molar-refractivity contribution in [2.24, 2.45) is 5.92 Å². The highest BCUT2D eigenvalue weighted by Gasteiger charge is 2.23. The third kappa shape index (κ3) is 6.56. The molecule has 17 heavy (non-hydrogen) atoms. The molecule has 0 rings (SSSR count). The van der Waals surface area contributed by atoms with Crippen molar-refractivity contribution in [1.82, 2.24) is 5.32 Å².